The summed E-state index contributed by atoms with van der Waals surface area (Å²) in [6.07, 6.45) is 7.78. The van der Waals surface area contributed by atoms with E-state index in [0.717, 1.165) is 24.3 Å². The van der Waals surface area contributed by atoms with Gasteiger partial charge in [-0.1, -0.05) is 20.8 Å². The van der Waals surface area contributed by atoms with Gasteiger partial charge in [-0.25, -0.2) is 0 Å². The van der Waals surface area contributed by atoms with Crippen molar-refractivity contribution in [2.75, 3.05) is 52.9 Å². The van der Waals surface area contributed by atoms with Gasteiger partial charge in [0.2, 0.25) is 0 Å². The molecule has 2 fully saturated rings. The summed E-state index contributed by atoms with van der Waals surface area (Å²) in [5, 5.41) is 7.16. The number of piperazine rings is 1. The summed E-state index contributed by atoms with van der Waals surface area (Å²) >= 11 is 0. The molecule has 5 nitrogen and oxygen atoms in total. The highest BCUT2D eigenvalue weighted by Crippen LogP contribution is 2.29. The molecule has 0 atom stereocenters. The molecule has 0 aromatic heterocycles. The number of unbranched alkanes of at least 4 members (excludes halogenated alkanes) is 1. The molecule has 0 unspecified atom stereocenters. The van der Waals surface area contributed by atoms with Crippen molar-refractivity contribution in [2.24, 2.45) is 16.8 Å². The van der Waals surface area contributed by atoms with Gasteiger partial charge in [0.05, 0.1) is 0 Å². The number of rotatable bonds is 8. The summed E-state index contributed by atoms with van der Waals surface area (Å²) in [6, 6.07) is 0.603. The molecule has 2 aliphatic rings. The van der Waals surface area contributed by atoms with E-state index in [0.29, 0.717) is 6.04 Å². The van der Waals surface area contributed by atoms with E-state index >= 15 is 0 Å². The Bertz CT molecular complexity index is 399. The molecule has 1 saturated heterocycles. The summed E-state index contributed by atoms with van der Waals surface area (Å²) in [4.78, 5) is 9.58. The zero-order chi connectivity index (χ0) is 18.8. The minimum Gasteiger partial charge on any atom is -0.356 e. The predicted molar refractivity (Wildman–Crippen MR) is 128 cm³/mol. The fourth-order valence-corrected chi connectivity index (χ4v) is 4.31. The Balaban J connectivity index is 0.00000364. The minimum absolute atomic E-state index is 0. The molecule has 0 amide bonds. The predicted octanol–water partition coefficient (Wildman–Crippen LogP) is 3.40. The summed E-state index contributed by atoms with van der Waals surface area (Å²) in [5.74, 6) is 2.75. The fraction of sp³-hybridized carbons (Fsp3) is 0.952. The number of nitrogens with one attached hydrogen (secondary N) is 2. The van der Waals surface area contributed by atoms with E-state index in [1.807, 2.05) is 7.05 Å². The van der Waals surface area contributed by atoms with Gasteiger partial charge in [0.15, 0.2) is 5.96 Å². The zero-order valence-corrected chi connectivity index (χ0v) is 20.5. The zero-order valence-electron chi connectivity index (χ0n) is 18.2. The number of halogens is 1. The van der Waals surface area contributed by atoms with E-state index in [1.165, 1.54) is 77.8 Å². The first kappa shape index (κ1) is 25.0. The van der Waals surface area contributed by atoms with Crippen molar-refractivity contribution in [1.29, 1.82) is 0 Å². The van der Waals surface area contributed by atoms with Crippen LogP contribution in [0.4, 0.5) is 0 Å². The molecule has 0 aromatic carbocycles. The first-order valence-corrected chi connectivity index (χ1v) is 11.0. The van der Waals surface area contributed by atoms with Gasteiger partial charge in [-0.05, 0) is 63.5 Å². The van der Waals surface area contributed by atoms with E-state index in [9.17, 15) is 0 Å². The molecule has 0 bridgehead atoms. The summed E-state index contributed by atoms with van der Waals surface area (Å²) in [6.45, 7) is 15.4. The SMILES string of the molecule is CCN1CCN(CCCCNC(=NC)NC2CCC(C(C)C)CC2)CC1.I. The van der Waals surface area contributed by atoms with Crippen LogP contribution in [-0.4, -0.2) is 74.7 Å². The van der Waals surface area contributed by atoms with Crippen LogP contribution in [0.3, 0.4) is 0 Å². The lowest BCUT2D eigenvalue weighted by Crippen LogP contribution is -2.46. The number of hydrogen-bond donors (Lipinski definition) is 2. The average molecular weight is 494 g/mol. The lowest BCUT2D eigenvalue weighted by atomic mass is 9.80. The number of likely N-dealkylation sites (N-methyl/N-ethyl adjacent to an activating group) is 1. The normalized spacial score (nSPS) is 25.3. The molecule has 0 radical (unpaired) electrons. The van der Waals surface area contributed by atoms with E-state index in [2.05, 4.69) is 46.2 Å². The monoisotopic (exact) mass is 493 g/mol. The lowest BCUT2D eigenvalue weighted by Gasteiger charge is -2.34. The maximum Gasteiger partial charge on any atom is 0.191 e. The third-order valence-electron chi connectivity index (χ3n) is 6.38. The molecule has 1 aliphatic heterocycles. The van der Waals surface area contributed by atoms with Crippen LogP contribution in [-0.2, 0) is 0 Å². The van der Waals surface area contributed by atoms with Crippen LogP contribution in [0.15, 0.2) is 4.99 Å². The van der Waals surface area contributed by atoms with Crippen molar-refractivity contribution in [3.05, 3.63) is 0 Å². The van der Waals surface area contributed by atoms with Crippen LogP contribution in [0.2, 0.25) is 0 Å². The van der Waals surface area contributed by atoms with E-state index in [-0.39, 0.29) is 24.0 Å². The van der Waals surface area contributed by atoms with Gasteiger partial charge in [-0.15, -0.1) is 24.0 Å². The largest absolute Gasteiger partial charge is 0.356 e. The Labute approximate surface area is 185 Å². The van der Waals surface area contributed by atoms with Crippen LogP contribution < -0.4 is 10.6 Å². The molecule has 160 valence electrons. The molecule has 1 aliphatic carbocycles. The molecular weight excluding hydrogens is 449 g/mol. The van der Waals surface area contributed by atoms with Gasteiger partial charge >= 0.3 is 0 Å². The first-order chi connectivity index (χ1) is 12.6. The summed E-state index contributed by atoms with van der Waals surface area (Å²) in [5.41, 5.74) is 0. The number of hydrogen-bond acceptors (Lipinski definition) is 3. The quantitative estimate of drug-likeness (QED) is 0.236. The van der Waals surface area contributed by atoms with Crippen molar-refractivity contribution in [1.82, 2.24) is 20.4 Å². The molecule has 1 saturated carbocycles. The van der Waals surface area contributed by atoms with E-state index < -0.39 is 0 Å². The van der Waals surface area contributed by atoms with Crippen LogP contribution in [0, 0.1) is 11.8 Å². The van der Waals surface area contributed by atoms with E-state index in [1.54, 1.807) is 0 Å². The van der Waals surface area contributed by atoms with Crippen LogP contribution >= 0.6 is 24.0 Å². The van der Waals surface area contributed by atoms with Gasteiger partial charge in [0, 0.05) is 45.8 Å². The third kappa shape index (κ3) is 9.31. The maximum atomic E-state index is 4.42. The Morgan fingerprint density at radius 3 is 2.19 bits per heavy atom. The Morgan fingerprint density at radius 1 is 1.00 bits per heavy atom. The lowest BCUT2D eigenvalue weighted by molar-refractivity contribution is 0.136. The molecule has 2 rings (SSSR count). The van der Waals surface area contributed by atoms with Gasteiger partial charge in [-0.3, -0.25) is 4.99 Å². The summed E-state index contributed by atoms with van der Waals surface area (Å²) in [7, 11) is 1.89. The fourth-order valence-electron chi connectivity index (χ4n) is 4.31. The van der Waals surface area contributed by atoms with Gasteiger partial charge in [0.25, 0.3) is 0 Å². The van der Waals surface area contributed by atoms with Gasteiger partial charge in [-0.2, -0.15) is 0 Å². The second kappa shape index (κ2) is 14.0. The van der Waals surface area contributed by atoms with Gasteiger partial charge in [0.1, 0.15) is 0 Å². The second-order valence-corrected chi connectivity index (χ2v) is 8.48. The minimum atomic E-state index is 0. The molecule has 6 heteroatoms. The van der Waals surface area contributed by atoms with Crippen molar-refractivity contribution >= 4 is 29.9 Å². The highest BCUT2D eigenvalue weighted by atomic mass is 127. The Kier molecular flexibility index (Phi) is 12.9. The molecular formula is C21H44IN5. The van der Waals surface area contributed by atoms with Gasteiger partial charge < -0.3 is 20.4 Å². The standard InChI is InChI=1S/C21H43N5.HI/c1-5-25-14-16-26(17-15-25)13-7-6-12-23-21(22-4)24-20-10-8-19(9-11-20)18(2)3;/h18-20H,5-17H2,1-4H3,(H2,22,23,24);1H. The van der Waals surface area contributed by atoms with Crippen molar-refractivity contribution in [3.63, 3.8) is 0 Å². The average Bonchev–Trinajstić information content (AvgIpc) is 2.67. The second-order valence-electron chi connectivity index (χ2n) is 8.48. The molecule has 2 N–H and O–H groups in total. The number of nitrogens with zero attached hydrogens (tertiary/aromatic N) is 3. The smallest absolute Gasteiger partial charge is 0.191 e. The highest BCUT2D eigenvalue weighted by molar-refractivity contribution is 14.0. The number of guanidine groups is 1. The van der Waals surface area contributed by atoms with Crippen molar-refractivity contribution < 1.29 is 0 Å². The van der Waals surface area contributed by atoms with Crippen LogP contribution in [0.5, 0.6) is 0 Å². The Hall–Kier alpha value is -0.0800. The maximum absolute atomic E-state index is 4.42. The Morgan fingerprint density at radius 2 is 1.63 bits per heavy atom. The highest BCUT2D eigenvalue weighted by Gasteiger charge is 2.23. The first-order valence-electron chi connectivity index (χ1n) is 11.0. The molecule has 1 heterocycles. The van der Waals surface area contributed by atoms with Crippen molar-refractivity contribution in [2.45, 2.75) is 65.3 Å². The number of aliphatic imine (C=N–C) groups is 1. The molecule has 0 aromatic rings. The molecule has 27 heavy (non-hydrogen) atoms. The van der Waals surface area contributed by atoms with E-state index in [4.69, 9.17) is 0 Å². The van der Waals surface area contributed by atoms with Crippen molar-refractivity contribution in [3.8, 4) is 0 Å². The van der Waals surface area contributed by atoms with Crippen LogP contribution in [0.1, 0.15) is 59.3 Å². The summed E-state index contributed by atoms with van der Waals surface area (Å²) < 4.78 is 0. The molecule has 0 spiro atoms. The third-order valence-corrected chi connectivity index (χ3v) is 6.38. The van der Waals surface area contributed by atoms with Crippen LogP contribution in [0.25, 0.3) is 0 Å². The topological polar surface area (TPSA) is 42.9 Å².